The molecule has 4 heteroatoms. The summed E-state index contributed by atoms with van der Waals surface area (Å²) >= 11 is 0. The average molecular weight is 279 g/mol. The highest BCUT2D eigenvalue weighted by Crippen LogP contribution is 2.15. The molecule has 1 heterocycles. The molecule has 0 saturated carbocycles. The molecule has 1 aromatic rings. The van der Waals surface area contributed by atoms with E-state index in [1.54, 1.807) is 12.1 Å². The van der Waals surface area contributed by atoms with Crippen LogP contribution in [0.2, 0.25) is 0 Å². The molecule has 1 aromatic carbocycles. The van der Waals surface area contributed by atoms with E-state index in [9.17, 15) is 4.39 Å². The number of nitrogens with two attached hydrogens (primary N) is 1. The Balaban J connectivity index is 1.71. The largest absolute Gasteiger partial charge is 0.324 e. The van der Waals surface area contributed by atoms with E-state index in [0.717, 1.165) is 31.6 Å². The lowest BCUT2D eigenvalue weighted by Crippen LogP contribution is -2.47. The van der Waals surface area contributed by atoms with Crippen LogP contribution in [0, 0.1) is 5.82 Å². The van der Waals surface area contributed by atoms with Crippen molar-refractivity contribution in [1.29, 1.82) is 0 Å². The lowest BCUT2D eigenvalue weighted by Gasteiger charge is -2.35. The van der Waals surface area contributed by atoms with Crippen LogP contribution in [-0.4, -0.2) is 49.1 Å². The summed E-state index contributed by atoms with van der Waals surface area (Å²) in [6.45, 7) is 9.07. The standard InChI is InChI=1S/C16H26FN3/c1-2-8-19-10-12-20(13-11-19)9-7-16(18)14-3-5-15(17)6-4-14/h3-6,16H,2,7-13,18H2,1H3. The molecule has 1 aliphatic heterocycles. The monoisotopic (exact) mass is 279 g/mol. The molecule has 112 valence electrons. The van der Waals surface area contributed by atoms with Gasteiger partial charge in [0.1, 0.15) is 5.82 Å². The Hall–Kier alpha value is -0.970. The lowest BCUT2D eigenvalue weighted by molar-refractivity contribution is 0.130. The van der Waals surface area contributed by atoms with Gasteiger partial charge in [-0.25, -0.2) is 4.39 Å². The number of piperazine rings is 1. The molecule has 1 unspecified atom stereocenters. The SMILES string of the molecule is CCCN1CCN(CCC(N)c2ccc(F)cc2)CC1. The van der Waals surface area contributed by atoms with Crippen LogP contribution in [0.15, 0.2) is 24.3 Å². The third-order valence-corrected chi connectivity index (χ3v) is 4.06. The Morgan fingerprint density at radius 2 is 1.60 bits per heavy atom. The predicted molar refractivity (Wildman–Crippen MR) is 81.1 cm³/mol. The van der Waals surface area contributed by atoms with E-state index in [-0.39, 0.29) is 11.9 Å². The van der Waals surface area contributed by atoms with Crippen LogP contribution in [0.4, 0.5) is 4.39 Å². The molecule has 0 aliphatic carbocycles. The number of hydrogen-bond acceptors (Lipinski definition) is 3. The zero-order chi connectivity index (χ0) is 14.4. The topological polar surface area (TPSA) is 32.5 Å². The van der Waals surface area contributed by atoms with E-state index >= 15 is 0 Å². The first-order chi connectivity index (χ1) is 9.69. The summed E-state index contributed by atoms with van der Waals surface area (Å²) < 4.78 is 12.9. The van der Waals surface area contributed by atoms with Gasteiger partial charge in [0.2, 0.25) is 0 Å². The van der Waals surface area contributed by atoms with Crippen molar-refractivity contribution in [2.45, 2.75) is 25.8 Å². The summed E-state index contributed by atoms with van der Waals surface area (Å²) in [5, 5.41) is 0. The number of benzene rings is 1. The van der Waals surface area contributed by atoms with Crippen LogP contribution in [-0.2, 0) is 0 Å². The Kier molecular flexibility index (Phi) is 5.95. The maximum Gasteiger partial charge on any atom is 0.123 e. The first-order valence-corrected chi connectivity index (χ1v) is 7.65. The predicted octanol–water partition coefficient (Wildman–Crippen LogP) is 2.24. The maximum absolute atomic E-state index is 12.9. The third-order valence-electron chi connectivity index (χ3n) is 4.06. The first kappa shape index (κ1) is 15.4. The van der Waals surface area contributed by atoms with E-state index in [1.807, 2.05) is 0 Å². The second-order valence-corrected chi connectivity index (χ2v) is 5.63. The molecule has 1 atom stereocenters. The summed E-state index contributed by atoms with van der Waals surface area (Å²) in [7, 11) is 0. The van der Waals surface area contributed by atoms with Crippen LogP contribution in [0.25, 0.3) is 0 Å². The van der Waals surface area contributed by atoms with E-state index in [4.69, 9.17) is 5.73 Å². The summed E-state index contributed by atoms with van der Waals surface area (Å²) in [6.07, 6.45) is 2.16. The van der Waals surface area contributed by atoms with Gasteiger partial charge in [-0.1, -0.05) is 19.1 Å². The molecule has 0 bridgehead atoms. The Bertz CT molecular complexity index is 385. The van der Waals surface area contributed by atoms with Crippen molar-refractivity contribution in [3.63, 3.8) is 0 Å². The molecule has 2 rings (SSSR count). The Morgan fingerprint density at radius 3 is 2.15 bits per heavy atom. The molecule has 2 N–H and O–H groups in total. The molecule has 0 aromatic heterocycles. The molecule has 0 spiro atoms. The summed E-state index contributed by atoms with van der Waals surface area (Å²) in [6, 6.07) is 6.56. The van der Waals surface area contributed by atoms with Crippen LogP contribution in [0.5, 0.6) is 0 Å². The second kappa shape index (κ2) is 7.72. The van der Waals surface area contributed by atoms with Crippen molar-refractivity contribution in [3.8, 4) is 0 Å². The molecule has 20 heavy (non-hydrogen) atoms. The molecule has 3 nitrogen and oxygen atoms in total. The average Bonchev–Trinajstić information content (AvgIpc) is 2.47. The van der Waals surface area contributed by atoms with Gasteiger partial charge in [0.15, 0.2) is 0 Å². The highest BCUT2D eigenvalue weighted by atomic mass is 19.1. The highest BCUT2D eigenvalue weighted by molar-refractivity contribution is 5.19. The number of nitrogens with zero attached hydrogens (tertiary/aromatic N) is 2. The zero-order valence-electron chi connectivity index (χ0n) is 12.4. The van der Waals surface area contributed by atoms with Gasteiger partial charge in [0, 0.05) is 38.8 Å². The number of rotatable bonds is 6. The summed E-state index contributed by atoms with van der Waals surface area (Å²) in [4.78, 5) is 5.01. The van der Waals surface area contributed by atoms with Crippen molar-refractivity contribution in [1.82, 2.24) is 9.80 Å². The molecular formula is C16H26FN3. The fourth-order valence-corrected chi connectivity index (χ4v) is 2.75. The first-order valence-electron chi connectivity index (χ1n) is 7.65. The molecular weight excluding hydrogens is 253 g/mol. The quantitative estimate of drug-likeness (QED) is 0.867. The molecule has 1 fully saturated rings. The van der Waals surface area contributed by atoms with Crippen molar-refractivity contribution in [2.24, 2.45) is 5.73 Å². The van der Waals surface area contributed by atoms with E-state index < -0.39 is 0 Å². The van der Waals surface area contributed by atoms with Crippen LogP contribution >= 0.6 is 0 Å². The van der Waals surface area contributed by atoms with Crippen molar-refractivity contribution >= 4 is 0 Å². The van der Waals surface area contributed by atoms with Crippen molar-refractivity contribution < 1.29 is 4.39 Å². The summed E-state index contributed by atoms with van der Waals surface area (Å²) in [5.74, 6) is -0.201. The van der Waals surface area contributed by atoms with E-state index in [0.29, 0.717) is 0 Å². The van der Waals surface area contributed by atoms with Gasteiger partial charge in [-0.3, -0.25) is 0 Å². The van der Waals surface area contributed by atoms with Gasteiger partial charge in [0.25, 0.3) is 0 Å². The van der Waals surface area contributed by atoms with Crippen molar-refractivity contribution in [3.05, 3.63) is 35.6 Å². The summed E-state index contributed by atoms with van der Waals surface area (Å²) in [5.41, 5.74) is 7.20. The van der Waals surface area contributed by atoms with E-state index in [2.05, 4.69) is 16.7 Å². The lowest BCUT2D eigenvalue weighted by atomic mass is 10.0. The smallest absolute Gasteiger partial charge is 0.123 e. The van der Waals surface area contributed by atoms with Crippen LogP contribution in [0.3, 0.4) is 0 Å². The Labute approximate surface area is 121 Å². The normalized spacial score (nSPS) is 19.1. The molecule has 0 amide bonds. The molecule has 0 radical (unpaired) electrons. The fraction of sp³-hybridized carbons (Fsp3) is 0.625. The van der Waals surface area contributed by atoms with Gasteiger partial charge in [-0.15, -0.1) is 0 Å². The van der Waals surface area contributed by atoms with Crippen LogP contribution < -0.4 is 5.73 Å². The third kappa shape index (κ3) is 4.54. The minimum atomic E-state index is -0.201. The van der Waals surface area contributed by atoms with Gasteiger partial charge in [0.05, 0.1) is 0 Å². The highest BCUT2D eigenvalue weighted by Gasteiger charge is 2.16. The number of halogens is 1. The minimum absolute atomic E-state index is 0.00396. The van der Waals surface area contributed by atoms with Gasteiger partial charge in [-0.05, 0) is 37.1 Å². The second-order valence-electron chi connectivity index (χ2n) is 5.63. The number of hydrogen-bond donors (Lipinski definition) is 1. The molecule has 1 saturated heterocycles. The van der Waals surface area contributed by atoms with Gasteiger partial charge >= 0.3 is 0 Å². The minimum Gasteiger partial charge on any atom is -0.324 e. The van der Waals surface area contributed by atoms with E-state index in [1.165, 1.54) is 38.2 Å². The van der Waals surface area contributed by atoms with Gasteiger partial charge in [-0.2, -0.15) is 0 Å². The fourth-order valence-electron chi connectivity index (χ4n) is 2.75. The zero-order valence-corrected chi connectivity index (χ0v) is 12.4. The molecule has 1 aliphatic rings. The maximum atomic E-state index is 12.9. The van der Waals surface area contributed by atoms with Crippen molar-refractivity contribution in [2.75, 3.05) is 39.3 Å². The van der Waals surface area contributed by atoms with Gasteiger partial charge < -0.3 is 15.5 Å². The Morgan fingerprint density at radius 1 is 1.05 bits per heavy atom. The van der Waals surface area contributed by atoms with Crippen LogP contribution in [0.1, 0.15) is 31.4 Å².